The Morgan fingerprint density at radius 2 is 1.75 bits per heavy atom. The number of halogens is 1. The third kappa shape index (κ3) is 5.40. The van der Waals surface area contributed by atoms with E-state index in [1.165, 1.54) is 0 Å². The van der Waals surface area contributed by atoms with Gasteiger partial charge in [-0.3, -0.25) is 9.80 Å². The molecule has 0 saturated carbocycles. The summed E-state index contributed by atoms with van der Waals surface area (Å²) in [5.41, 5.74) is 0. The standard InChI is InChI=1S/C15H23BrN2O2/c1-13(19)12-18-8-6-17(7-9-18)10-11-20-15-4-2-14(16)3-5-15/h2-5,13,19H,6-12H2,1H3. The van der Waals surface area contributed by atoms with Crippen LogP contribution in [0.2, 0.25) is 0 Å². The van der Waals surface area contributed by atoms with E-state index in [4.69, 9.17) is 4.74 Å². The number of piperazine rings is 1. The van der Waals surface area contributed by atoms with Crippen LogP contribution < -0.4 is 4.74 Å². The molecular formula is C15H23BrN2O2. The lowest BCUT2D eigenvalue weighted by molar-refractivity contribution is 0.0750. The van der Waals surface area contributed by atoms with E-state index >= 15 is 0 Å². The van der Waals surface area contributed by atoms with Gasteiger partial charge in [0.15, 0.2) is 0 Å². The second-order valence-corrected chi connectivity index (χ2v) is 6.21. The summed E-state index contributed by atoms with van der Waals surface area (Å²) >= 11 is 3.41. The maximum atomic E-state index is 9.38. The lowest BCUT2D eigenvalue weighted by Crippen LogP contribution is -2.49. The normalized spacial score (nSPS) is 18.9. The SMILES string of the molecule is CC(O)CN1CCN(CCOc2ccc(Br)cc2)CC1. The summed E-state index contributed by atoms with van der Waals surface area (Å²) in [4.78, 5) is 4.73. The molecule has 2 rings (SSSR count). The molecule has 112 valence electrons. The Balaban J connectivity index is 1.62. The summed E-state index contributed by atoms with van der Waals surface area (Å²) < 4.78 is 6.81. The third-order valence-electron chi connectivity index (χ3n) is 3.48. The molecule has 1 fully saturated rings. The number of benzene rings is 1. The molecule has 0 amide bonds. The highest BCUT2D eigenvalue weighted by Gasteiger charge is 2.17. The van der Waals surface area contributed by atoms with Gasteiger partial charge in [-0.05, 0) is 31.2 Å². The van der Waals surface area contributed by atoms with E-state index in [9.17, 15) is 5.11 Å². The van der Waals surface area contributed by atoms with Crippen molar-refractivity contribution in [3.05, 3.63) is 28.7 Å². The Morgan fingerprint density at radius 3 is 2.35 bits per heavy atom. The molecule has 1 unspecified atom stereocenters. The van der Waals surface area contributed by atoms with Crippen molar-refractivity contribution in [1.82, 2.24) is 9.80 Å². The fourth-order valence-electron chi connectivity index (χ4n) is 2.39. The molecular weight excluding hydrogens is 320 g/mol. The van der Waals surface area contributed by atoms with E-state index in [0.717, 1.165) is 56.1 Å². The van der Waals surface area contributed by atoms with E-state index in [1.807, 2.05) is 31.2 Å². The first-order valence-corrected chi connectivity index (χ1v) is 7.94. The molecule has 0 spiro atoms. The summed E-state index contributed by atoms with van der Waals surface area (Å²) in [6.07, 6.45) is -0.234. The minimum absolute atomic E-state index is 0.234. The van der Waals surface area contributed by atoms with Crippen LogP contribution in [0.3, 0.4) is 0 Å². The fraction of sp³-hybridized carbons (Fsp3) is 0.600. The summed E-state index contributed by atoms with van der Waals surface area (Å²) in [6.45, 7) is 8.47. The van der Waals surface area contributed by atoms with Gasteiger partial charge in [0.25, 0.3) is 0 Å². The lowest BCUT2D eigenvalue weighted by Gasteiger charge is -2.35. The minimum atomic E-state index is -0.234. The summed E-state index contributed by atoms with van der Waals surface area (Å²) in [5.74, 6) is 0.918. The van der Waals surface area contributed by atoms with E-state index in [1.54, 1.807) is 0 Å². The highest BCUT2D eigenvalue weighted by atomic mass is 79.9. The first kappa shape index (κ1) is 15.8. The van der Waals surface area contributed by atoms with Crippen molar-refractivity contribution >= 4 is 15.9 Å². The van der Waals surface area contributed by atoms with Gasteiger partial charge in [0.1, 0.15) is 12.4 Å². The molecule has 0 aliphatic carbocycles. The largest absolute Gasteiger partial charge is 0.492 e. The number of aliphatic hydroxyl groups excluding tert-OH is 1. The first-order valence-electron chi connectivity index (χ1n) is 7.14. The van der Waals surface area contributed by atoms with Crippen molar-refractivity contribution in [2.45, 2.75) is 13.0 Å². The lowest BCUT2D eigenvalue weighted by atomic mass is 10.3. The molecule has 5 heteroatoms. The van der Waals surface area contributed by atoms with Gasteiger partial charge in [0.05, 0.1) is 6.10 Å². The van der Waals surface area contributed by atoms with Crippen LogP contribution in [0.1, 0.15) is 6.92 Å². The van der Waals surface area contributed by atoms with Crippen LogP contribution in [0.15, 0.2) is 28.7 Å². The minimum Gasteiger partial charge on any atom is -0.492 e. The number of ether oxygens (including phenoxy) is 1. The maximum absolute atomic E-state index is 9.38. The summed E-state index contributed by atoms with van der Waals surface area (Å²) in [7, 11) is 0. The molecule has 1 aromatic carbocycles. The van der Waals surface area contributed by atoms with E-state index in [0.29, 0.717) is 0 Å². The van der Waals surface area contributed by atoms with Gasteiger partial charge >= 0.3 is 0 Å². The van der Waals surface area contributed by atoms with Crippen molar-refractivity contribution in [2.75, 3.05) is 45.9 Å². The van der Waals surface area contributed by atoms with Crippen LogP contribution in [-0.2, 0) is 0 Å². The summed E-state index contributed by atoms with van der Waals surface area (Å²) in [5, 5.41) is 9.38. The van der Waals surface area contributed by atoms with Gasteiger partial charge in [-0.1, -0.05) is 15.9 Å². The van der Waals surface area contributed by atoms with Crippen LogP contribution in [-0.4, -0.2) is 66.9 Å². The zero-order valence-corrected chi connectivity index (χ0v) is 13.6. The second kappa shape index (κ2) is 7.98. The Kier molecular flexibility index (Phi) is 6.29. The second-order valence-electron chi connectivity index (χ2n) is 5.29. The molecule has 1 aliphatic rings. The number of β-amino-alcohol motifs (C(OH)–C–C–N with tert-alkyl or cyclic N) is 1. The van der Waals surface area contributed by atoms with Crippen molar-refractivity contribution in [3.8, 4) is 5.75 Å². The Labute approximate surface area is 129 Å². The third-order valence-corrected chi connectivity index (χ3v) is 4.01. The van der Waals surface area contributed by atoms with Crippen LogP contribution in [0, 0.1) is 0 Å². The van der Waals surface area contributed by atoms with E-state index < -0.39 is 0 Å². The molecule has 1 N–H and O–H groups in total. The van der Waals surface area contributed by atoms with Crippen molar-refractivity contribution in [3.63, 3.8) is 0 Å². The highest BCUT2D eigenvalue weighted by Crippen LogP contribution is 2.16. The predicted octanol–water partition coefficient (Wildman–Crippen LogP) is 1.83. The number of aliphatic hydroxyl groups is 1. The molecule has 1 aliphatic heterocycles. The van der Waals surface area contributed by atoms with Crippen molar-refractivity contribution in [2.24, 2.45) is 0 Å². The predicted molar refractivity (Wildman–Crippen MR) is 84.2 cm³/mol. The molecule has 1 atom stereocenters. The smallest absolute Gasteiger partial charge is 0.119 e. The molecule has 1 aromatic rings. The first-order chi connectivity index (χ1) is 9.63. The van der Waals surface area contributed by atoms with Crippen LogP contribution in [0.4, 0.5) is 0 Å². The van der Waals surface area contributed by atoms with Crippen LogP contribution >= 0.6 is 15.9 Å². The fourth-order valence-corrected chi connectivity index (χ4v) is 2.66. The molecule has 0 aromatic heterocycles. The van der Waals surface area contributed by atoms with Crippen molar-refractivity contribution in [1.29, 1.82) is 0 Å². The monoisotopic (exact) mass is 342 g/mol. The number of hydrogen-bond donors (Lipinski definition) is 1. The molecule has 0 radical (unpaired) electrons. The van der Waals surface area contributed by atoms with Gasteiger partial charge in [0.2, 0.25) is 0 Å². The van der Waals surface area contributed by atoms with Crippen molar-refractivity contribution < 1.29 is 9.84 Å². The zero-order chi connectivity index (χ0) is 14.4. The molecule has 4 nitrogen and oxygen atoms in total. The average molecular weight is 343 g/mol. The van der Waals surface area contributed by atoms with Gasteiger partial charge in [-0.2, -0.15) is 0 Å². The Hall–Kier alpha value is -0.620. The molecule has 20 heavy (non-hydrogen) atoms. The Morgan fingerprint density at radius 1 is 1.15 bits per heavy atom. The molecule has 0 bridgehead atoms. The van der Waals surface area contributed by atoms with Gasteiger partial charge in [-0.15, -0.1) is 0 Å². The summed E-state index contributed by atoms with van der Waals surface area (Å²) in [6, 6.07) is 7.93. The Bertz CT molecular complexity index is 389. The number of rotatable bonds is 6. The highest BCUT2D eigenvalue weighted by molar-refractivity contribution is 9.10. The van der Waals surface area contributed by atoms with Gasteiger partial charge in [-0.25, -0.2) is 0 Å². The van der Waals surface area contributed by atoms with Gasteiger partial charge in [0, 0.05) is 43.7 Å². The van der Waals surface area contributed by atoms with Crippen LogP contribution in [0.5, 0.6) is 5.75 Å². The van der Waals surface area contributed by atoms with E-state index in [2.05, 4.69) is 25.7 Å². The number of hydrogen-bond acceptors (Lipinski definition) is 4. The van der Waals surface area contributed by atoms with Gasteiger partial charge < -0.3 is 9.84 Å². The topological polar surface area (TPSA) is 35.9 Å². The quantitative estimate of drug-likeness (QED) is 0.855. The maximum Gasteiger partial charge on any atom is 0.119 e. The number of nitrogens with zero attached hydrogens (tertiary/aromatic N) is 2. The van der Waals surface area contributed by atoms with E-state index in [-0.39, 0.29) is 6.10 Å². The average Bonchev–Trinajstić information content (AvgIpc) is 2.42. The van der Waals surface area contributed by atoms with Crippen LogP contribution in [0.25, 0.3) is 0 Å². The molecule has 1 heterocycles. The zero-order valence-electron chi connectivity index (χ0n) is 12.0. The molecule has 1 saturated heterocycles.